The van der Waals surface area contributed by atoms with Gasteiger partial charge in [0, 0.05) is 29.7 Å². The van der Waals surface area contributed by atoms with Crippen LogP contribution >= 0.6 is 35.0 Å². The van der Waals surface area contributed by atoms with Crippen LogP contribution in [-0.4, -0.2) is 37.5 Å². The molecule has 0 aromatic heterocycles. The van der Waals surface area contributed by atoms with E-state index in [4.69, 9.17) is 23.2 Å². The van der Waals surface area contributed by atoms with Gasteiger partial charge in [0.2, 0.25) is 15.9 Å². The average molecular weight is 485 g/mol. The monoisotopic (exact) mass is 484 g/mol. The zero-order valence-electron chi connectivity index (χ0n) is 16.2. The summed E-state index contributed by atoms with van der Waals surface area (Å²) in [5.41, 5.74) is 0.757. The second-order valence-electron chi connectivity index (χ2n) is 6.81. The van der Waals surface area contributed by atoms with Crippen LogP contribution in [0.15, 0.2) is 64.9 Å². The van der Waals surface area contributed by atoms with Gasteiger partial charge in [-0.1, -0.05) is 47.5 Å². The van der Waals surface area contributed by atoms with Crippen molar-refractivity contribution in [2.45, 2.75) is 22.6 Å². The van der Waals surface area contributed by atoms with Crippen LogP contribution in [0, 0.1) is 5.92 Å². The number of nitrogens with zero attached hydrogens (tertiary/aromatic N) is 1. The summed E-state index contributed by atoms with van der Waals surface area (Å²) in [6.07, 6.45) is 2.66. The maximum absolute atomic E-state index is 13.0. The van der Waals surface area contributed by atoms with Gasteiger partial charge >= 0.3 is 0 Å². The summed E-state index contributed by atoms with van der Waals surface area (Å²) in [5.74, 6) is 0.374. The number of benzene rings is 2. The van der Waals surface area contributed by atoms with E-state index in [0.29, 0.717) is 12.8 Å². The number of amides is 1. The predicted molar refractivity (Wildman–Crippen MR) is 124 cm³/mol. The van der Waals surface area contributed by atoms with E-state index in [-0.39, 0.29) is 39.9 Å². The van der Waals surface area contributed by atoms with Crippen LogP contribution in [0.4, 0.5) is 5.69 Å². The third kappa shape index (κ3) is 5.21. The summed E-state index contributed by atoms with van der Waals surface area (Å²) in [6.45, 7) is 4.18. The fourth-order valence-electron chi connectivity index (χ4n) is 3.30. The number of hydrogen-bond acceptors (Lipinski definition) is 4. The molecule has 0 saturated carbocycles. The summed E-state index contributed by atoms with van der Waals surface area (Å²) >= 11 is 13.8. The second-order valence-corrected chi connectivity index (χ2v) is 10.6. The molecule has 1 amide bonds. The van der Waals surface area contributed by atoms with Crippen LogP contribution in [0.5, 0.6) is 0 Å². The number of carbonyl (C=O) groups excluding carboxylic acids is 1. The highest BCUT2D eigenvalue weighted by Gasteiger charge is 2.34. The Labute approximate surface area is 191 Å². The molecule has 0 atom stereocenters. The Morgan fingerprint density at radius 3 is 2.40 bits per heavy atom. The summed E-state index contributed by atoms with van der Waals surface area (Å²) in [5, 5.41) is 3.18. The van der Waals surface area contributed by atoms with Gasteiger partial charge in [0.15, 0.2) is 0 Å². The summed E-state index contributed by atoms with van der Waals surface area (Å²) in [4.78, 5) is 13.7. The van der Waals surface area contributed by atoms with Gasteiger partial charge in [0.1, 0.15) is 4.90 Å². The molecule has 9 heteroatoms. The van der Waals surface area contributed by atoms with Crippen molar-refractivity contribution in [1.29, 1.82) is 0 Å². The van der Waals surface area contributed by atoms with Crippen molar-refractivity contribution in [3.8, 4) is 0 Å². The van der Waals surface area contributed by atoms with Crippen molar-refractivity contribution in [3.63, 3.8) is 0 Å². The lowest BCUT2D eigenvalue weighted by atomic mass is 9.97. The van der Waals surface area contributed by atoms with Crippen molar-refractivity contribution in [3.05, 3.63) is 65.2 Å². The van der Waals surface area contributed by atoms with E-state index in [1.54, 1.807) is 17.8 Å². The fourth-order valence-corrected chi connectivity index (χ4v) is 6.60. The molecule has 0 unspecified atom stereocenters. The molecule has 3 rings (SSSR count). The van der Waals surface area contributed by atoms with E-state index in [1.165, 1.54) is 16.4 Å². The maximum atomic E-state index is 13.0. The molecular weight excluding hydrogens is 463 g/mol. The van der Waals surface area contributed by atoms with Crippen molar-refractivity contribution < 1.29 is 13.2 Å². The number of thioether (sulfide) groups is 1. The van der Waals surface area contributed by atoms with Gasteiger partial charge < -0.3 is 5.32 Å². The normalized spacial score (nSPS) is 15.7. The van der Waals surface area contributed by atoms with Crippen LogP contribution in [0.1, 0.15) is 12.8 Å². The van der Waals surface area contributed by atoms with Crippen molar-refractivity contribution in [2.75, 3.05) is 24.2 Å². The van der Waals surface area contributed by atoms with Gasteiger partial charge in [-0.15, -0.1) is 18.3 Å². The molecule has 0 aliphatic carbocycles. The molecule has 5 nitrogen and oxygen atoms in total. The van der Waals surface area contributed by atoms with E-state index in [9.17, 15) is 13.2 Å². The van der Waals surface area contributed by atoms with Gasteiger partial charge in [-0.2, -0.15) is 4.31 Å². The molecule has 30 heavy (non-hydrogen) atoms. The van der Waals surface area contributed by atoms with Gasteiger partial charge in [-0.25, -0.2) is 8.42 Å². The van der Waals surface area contributed by atoms with E-state index in [0.717, 1.165) is 16.3 Å². The zero-order valence-corrected chi connectivity index (χ0v) is 19.3. The van der Waals surface area contributed by atoms with Crippen LogP contribution in [0.25, 0.3) is 0 Å². The molecule has 1 fully saturated rings. The van der Waals surface area contributed by atoms with Gasteiger partial charge in [0.25, 0.3) is 0 Å². The average Bonchev–Trinajstić information content (AvgIpc) is 2.73. The van der Waals surface area contributed by atoms with Crippen LogP contribution < -0.4 is 5.32 Å². The van der Waals surface area contributed by atoms with Crippen molar-refractivity contribution in [2.24, 2.45) is 5.92 Å². The second kappa shape index (κ2) is 10.2. The number of hydrogen-bond donors (Lipinski definition) is 1. The number of rotatable bonds is 7. The van der Waals surface area contributed by atoms with E-state index in [1.807, 2.05) is 30.3 Å². The lowest BCUT2D eigenvalue weighted by Gasteiger charge is -2.31. The first-order valence-corrected chi connectivity index (χ1v) is 12.6. The number of piperidine rings is 1. The van der Waals surface area contributed by atoms with Crippen LogP contribution in [0.3, 0.4) is 0 Å². The Morgan fingerprint density at radius 1 is 1.13 bits per heavy atom. The Bertz CT molecular complexity index is 1020. The van der Waals surface area contributed by atoms with E-state index in [2.05, 4.69) is 11.9 Å². The summed E-state index contributed by atoms with van der Waals surface area (Å²) < 4.78 is 27.3. The number of para-hydroxylation sites is 1. The number of carbonyl (C=O) groups is 1. The van der Waals surface area contributed by atoms with Gasteiger partial charge in [-0.05, 0) is 37.1 Å². The van der Waals surface area contributed by atoms with Crippen molar-refractivity contribution >= 4 is 56.6 Å². The Morgan fingerprint density at radius 2 is 1.77 bits per heavy atom. The Kier molecular flexibility index (Phi) is 7.87. The quantitative estimate of drug-likeness (QED) is 0.426. The predicted octanol–water partition coefficient (Wildman–Crippen LogP) is 5.31. The van der Waals surface area contributed by atoms with Crippen molar-refractivity contribution in [1.82, 2.24) is 4.31 Å². The molecule has 1 heterocycles. The molecule has 160 valence electrons. The minimum absolute atomic E-state index is 0.0793. The molecule has 1 aliphatic rings. The smallest absolute Gasteiger partial charge is 0.246 e. The number of sulfonamides is 1. The molecule has 2 aromatic rings. The van der Waals surface area contributed by atoms with Crippen LogP contribution in [-0.2, 0) is 14.8 Å². The fraction of sp³-hybridized carbons (Fsp3) is 0.286. The molecule has 2 aromatic carbocycles. The lowest BCUT2D eigenvalue weighted by molar-refractivity contribution is -0.120. The Hall–Kier alpha value is -1.51. The third-order valence-electron chi connectivity index (χ3n) is 4.84. The lowest BCUT2D eigenvalue weighted by Crippen LogP contribution is -2.41. The van der Waals surface area contributed by atoms with Crippen LogP contribution in [0.2, 0.25) is 10.0 Å². The topological polar surface area (TPSA) is 66.5 Å². The molecule has 0 radical (unpaired) electrons. The largest absolute Gasteiger partial charge is 0.325 e. The highest BCUT2D eigenvalue weighted by molar-refractivity contribution is 7.99. The highest BCUT2D eigenvalue weighted by Crippen LogP contribution is 2.34. The first-order valence-electron chi connectivity index (χ1n) is 9.42. The molecule has 1 aliphatic heterocycles. The third-order valence-corrected chi connectivity index (χ3v) is 8.77. The number of halogens is 2. The molecule has 0 bridgehead atoms. The number of anilines is 1. The highest BCUT2D eigenvalue weighted by atomic mass is 35.5. The standard InChI is InChI=1S/C21H22Cl2N2O3S2/c1-2-14-29-19-9-4-3-8-18(19)24-21(26)15-10-12-25(13-11-15)30(27,28)20-16(22)6-5-7-17(20)23/h2-9,15H,1,10-14H2,(H,24,26). The molecule has 1 saturated heterocycles. The summed E-state index contributed by atoms with van der Waals surface area (Å²) in [6, 6.07) is 12.2. The zero-order chi connectivity index (χ0) is 21.7. The molecular formula is C21H22Cl2N2O3S2. The van der Waals surface area contributed by atoms with E-state index >= 15 is 0 Å². The first-order chi connectivity index (χ1) is 14.3. The minimum atomic E-state index is -3.82. The molecule has 1 N–H and O–H groups in total. The first kappa shape index (κ1) is 23.2. The summed E-state index contributed by atoms with van der Waals surface area (Å²) in [7, 11) is -3.82. The SMILES string of the molecule is C=CCSc1ccccc1NC(=O)C1CCN(S(=O)(=O)c2c(Cl)cccc2Cl)CC1. The minimum Gasteiger partial charge on any atom is -0.325 e. The van der Waals surface area contributed by atoms with E-state index < -0.39 is 10.0 Å². The maximum Gasteiger partial charge on any atom is 0.246 e. The Balaban J connectivity index is 1.66. The van der Waals surface area contributed by atoms with Gasteiger partial charge in [0.05, 0.1) is 15.7 Å². The number of nitrogens with one attached hydrogen (secondary N) is 1. The van der Waals surface area contributed by atoms with Gasteiger partial charge in [-0.3, -0.25) is 4.79 Å². The molecule has 0 spiro atoms.